The first-order chi connectivity index (χ1) is 13.1. The molecule has 0 saturated carbocycles. The van der Waals surface area contributed by atoms with Crippen molar-refractivity contribution in [3.63, 3.8) is 0 Å². The Morgan fingerprint density at radius 2 is 1.93 bits per heavy atom. The van der Waals surface area contributed by atoms with Crippen molar-refractivity contribution in [3.05, 3.63) is 56.0 Å². The largest absolute Gasteiger partial charge is 0.493 e. The second-order valence-electron chi connectivity index (χ2n) is 6.04. The zero-order chi connectivity index (χ0) is 19.6. The Kier molecular flexibility index (Phi) is 9.73. The summed E-state index contributed by atoms with van der Waals surface area (Å²) in [7, 11) is 1.62. The van der Waals surface area contributed by atoms with Crippen LogP contribution in [0.1, 0.15) is 30.4 Å². The highest BCUT2D eigenvalue weighted by molar-refractivity contribution is 9.10. The summed E-state index contributed by atoms with van der Waals surface area (Å²) in [5.41, 5.74) is 1.84. The molecule has 0 heterocycles. The molecule has 0 fully saturated rings. The highest BCUT2D eigenvalue weighted by Gasteiger charge is 2.15. The van der Waals surface area contributed by atoms with Gasteiger partial charge in [-0.25, -0.2) is 0 Å². The molecule has 0 aliphatic rings. The molecule has 0 saturated heterocycles. The van der Waals surface area contributed by atoms with Gasteiger partial charge >= 0.3 is 0 Å². The van der Waals surface area contributed by atoms with Gasteiger partial charge < -0.3 is 19.9 Å². The first-order valence-electron chi connectivity index (χ1n) is 8.80. The molecular formula is C20H24BrCl2NO3. The SMILES string of the molecule is COc1ccc(Br)c(CNCCCCCO)c1OCc1ccc(Cl)cc1Cl. The first kappa shape index (κ1) is 22.3. The summed E-state index contributed by atoms with van der Waals surface area (Å²) < 4.78 is 12.5. The van der Waals surface area contributed by atoms with Gasteiger partial charge in [0, 0.05) is 38.8 Å². The zero-order valence-electron chi connectivity index (χ0n) is 15.2. The Hall–Kier alpha value is -0.980. The molecule has 0 bridgehead atoms. The third-order valence-electron chi connectivity index (χ3n) is 4.09. The summed E-state index contributed by atoms with van der Waals surface area (Å²) in [4.78, 5) is 0. The molecule has 148 valence electrons. The fraction of sp³-hybridized carbons (Fsp3) is 0.400. The Morgan fingerprint density at radius 3 is 2.63 bits per heavy atom. The molecule has 0 amide bonds. The average Bonchev–Trinajstić information content (AvgIpc) is 2.65. The maximum atomic E-state index is 8.85. The Labute approximate surface area is 178 Å². The van der Waals surface area contributed by atoms with Gasteiger partial charge in [0.05, 0.1) is 7.11 Å². The van der Waals surface area contributed by atoms with Crippen molar-refractivity contribution in [3.8, 4) is 11.5 Å². The van der Waals surface area contributed by atoms with E-state index in [0.717, 1.165) is 41.4 Å². The van der Waals surface area contributed by atoms with Crippen molar-refractivity contribution in [2.24, 2.45) is 0 Å². The minimum Gasteiger partial charge on any atom is -0.493 e. The fourth-order valence-electron chi connectivity index (χ4n) is 2.61. The monoisotopic (exact) mass is 475 g/mol. The van der Waals surface area contributed by atoms with E-state index in [1.807, 2.05) is 18.2 Å². The Balaban J connectivity index is 2.09. The quantitative estimate of drug-likeness (QED) is 0.414. The minimum atomic E-state index is 0.243. The van der Waals surface area contributed by atoms with Gasteiger partial charge in [-0.2, -0.15) is 0 Å². The predicted octanol–water partition coefficient (Wildman–Crippen LogP) is 5.60. The molecule has 0 aliphatic heterocycles. The number of ether oxygens (including phenoxy) is 2. The van der Waals surface area contributed by atoms with E-state index in [-0.39, 0.29) is 6.61 Å². The number of hydrogen-bond acceptors (Lipinski definition) is 4. The average molecular weight is 477 g/mol. The fourth-order valence-corrected chi connectivity index (χ4v) is 3.52. The Morgan fingerprint density at radius 1 is 1.11 bits per heavy atom. The van der Waals surface area contributed by atoms with Crippen LogP contribution >= 0.6 is 39.1 Å². The van der Waals surface area contributed by atoms with Crippen LogP contribution in [-0.2, 0) is 13.2 Å². The minimum absolute atomic E-state index is 0.243. The molecule has 7 heteroatoms. The van der Waals surface area contributed by atoms with Crippen molar-refractivity contribution < 1.29 is 14.6 Å². The number of hydrogen-bond donors (Lipinski definition) is 2. The number of benzene rings is 2. The molecule has 0 unspecified atom stereocenters. The summed E-state index contributed by atoms with van der Waals surface area (Å²) >= 11 is 15.8. The molecule has 2 aromatic rings. The molecule has 0 atom stereocenters. The van der Waals surface area contributed by atoms with Gasteiger partial charge in [-0.05, 0) is 50.1 Å². The van der Waals surface area contributed by atoms with Crippen molar-refractivity contribution in [1.82, 2.24) is 5.32 Å². The molecule has 0 aromatic heterocycles. The number of rotatable bonds is 11. The third kappa shape index (κ3) is 6.84. The molecule has 0 aliphatic carbocycles. The van der Waals surface area contributed by atoms with Gasteiger partial charge in [-0.3, -0.25) is 0 Å². The lowest BCUT2D eigenvalue weighted by atomic mass is 10.1. The van der Waals surface area contributed by atoms with Gasteiger partial charge in [0.1, 0.15) is 6.61 Å². The van der Waals surface area contributed by atoms with Crippen molar-refractivity contribution >= 4 is 39.1 Å². The van der Waals surface area contributed by atoms with E-state index in [4.69, 9.17) is 37.8 Å². The number of nitrogens with one attached hydrogen (secondary N) is 1. The molecule has 0 radical (unpaired) electrons. The molecule has 2 rings (SSSR count). The molecule has 0 spiro atoms. The highest BCUT2D eigenvalue weighted by atomic mass is 79.9. The third-order valence-corrected chi connectivity index (χ3v) is 5.42. The molecule has 4 nitrogen and oxygen atoms in total. The van der Waals surface area contributed by atoms with Gasteiger partial charge in [-0.1, -0.05) is 45.2 Å². The maximum Gasteiger partial charge on any atom is 0.167 e. The van der Waals surface area contributed by atoms with E-state index in [1.165, 1.54) is 0 Å². The normalized spacial score (nSPS) is 10.9. The first-order valence-corrected chi connectivity index (χ1v) is 10.4. The lowest BCUT2D eigenvalue weighted by Gasteiger charge is -2.17. The standard InChI is InChI=1S/C20H24BrCl2NO3/c1-26-19-8-7-17(21)16(12-24-9-3-2-4-10-25)20(19)27-13-14-5-6-15(22)11-18(14)23/h5-8,11,24-25H,2-4,9-10,12-13H2,1H3. The van der Waals surface area contributed by atoms with Crippen molar-refractivity contribution in [2.45, 2.75) is 32.4 Å². The second kappa shape index (κ2) is 11.8. The number of methoxy groups -OCH3 is 1. The number of unbranched alkanes of at least 4 members (excludes halogenated alkanes) is 2. The van der Waals surface area contributed by atoms with Gasteiger partial charge in [0.25, 0.3) is 0 Å². The summed E-state index contributed by atoms with van der Waals surface area (Å²) in [5.74, 6) is 1.35. The molecule has 2 aromatic carbocycles. The van der Waals surface area contributed by atoms with Crippen LogP contribution in [0.5, 0.6) is 11.5 Å². The second-order valence-corrected chi connectivity index (χ2v) is 7.74. The highest BCUT2D eigenvalue weighted by Crippen LogP contribution is 2.37. The molecule has 2 N–H and O–H groups in total. The number of aliphatic hydroxyl groups is 1. The summed E-state index contributed by atoms with van der Waals surface area (Å²) in [6.07, 6.45) is 2.85. The van der Waals surface area contributed by atoms with E-state index >= 15 is 0 Å². The maximum absolute atomic E-state index is 8.85. The van der Waals surface area contributed by atoms with Crippen LogP contribution in [0.3, 0.4) is 0 Å². The van der Waals surface area contributed by atoms with Gasteiger partial charge in [0.2, 0.25) is 0 Å². The number of halogens is 3. The van der Waals surface area contributed by atoms with E-state index < -0.39 is 0 Å². The van der Waals surface area contributed by atoms with Crippen LogP contribution < -0.4 is 14.8 Å². The van der Waals surface area contributed by atoms with Crippen LogP contribution in [0.15, 0.2) is 34.8 Å². The van der Waals surface area contributed by atoms with E-state index in [1.54, 1.807) is 19.2 Å². The summed E-state index contributed by atoms with van der Waals surface area (Å²) in [6.45, 7) is 2.06. The number of aliphatic hydroxyl groups excluding tert-OH is 1. The van der Waals surface area contributed by atoms with Crippen LogP contribution in [0, 0.1) is 0 Å². The van der Waals surface area contributed by atoms with E-state index in [9.17, 15) is 0 Å². The Bertz CT molecular complexity index is 743. The zero-order valence-corrected chi connectivity index (χ0v) is 18.3. The van der Waals surface area contributed by atoms with Gasteiger partial charge in [0.15, 0.2) is 11.5 Å². The lowest BCUT2D eigenvalue weighted by Crippen LogP contribution is -2.16. The molecule has 27 heavy (non-hydrogen) atoms. The lowest BCUT2D eigenvalue weighted by molar-refractivity contribution is 0.279. The summed E-state index contributed by atoms with van der Waals surface area (Å²) in [5, 5.41) is 13.4. The van der Waals surface area contributed by atoms with Crippen LogP contribution in [0.2, 0.25) is 10.0 Å². The van der Waals surface area contributed by atoms with E-state index in [0.29, 0.717) is 34.7 Å². The summed E-state index contributed by atoms with van der Waals surface area (Å²) in [6, 6.07) is 9.17. The van der Waals surface area contributed by atoms with Crippen LogP contribution in [0.25, 0.3) is 0 Å². The molecular weight excluding hydrogens is 453 g/mol. The van der Waals surface area contributed by atoms with Crippen molar-refractivity contribution in [2.75, 3.05) is 20.3 Å². The predicted molar refractivity (Wildman–Crippen MR) is 114 cm³/mol. The topological polar surface area (TPSA) is 50.7 Å². The van der Waals surface area contributed by atoms with Gasteiger partial charge in [-0.15, -0.1) is 0 Å². The van der Waals surface area contributed by atoms with Crippen LogP contribution in [-0.4, -0.2) is 25.4 Å². The van der Waals surface area contributed by atoms with E-state index in [2.05, 4.69) is 21.2 Å². The van der Waals surface area contributed by atoms with Crippen LogP contribution in [0.4, 0.5) is 0 Å². The smallest absolute Gasteiger partial charge is 0.167 e. The van der Waals surface area contributed by atoms with Crippen molar-refractivity contribution in [1.29, 1.82) is 0 Å².